The third kappa shape index (κ3) is 28.8. The van der Waals surface area contributed by atoms with Gasteiger partial charge in [-0.25, -0.2) is 19.6 Å². The number of H-pyrrole nitrogens is 1. The van der Waals surface area contributed by atoms with E-state index in [0.29, 0.717) is 49.8 Å². The van der Waals surface area contributed by atoms with E-state index in [1.54, 1.807) is 38.1 Å². The molecule has 2 aromatic rings. The Balaban J connectivity index is 1.26. The highest BCUT2D eigenvalue weighted by Gasteiger charge is 2.43. The number of unbranched alkanes of at least 4 members (excludes halogenated alkanes) is 2. The molecule has 0 radical (unpaired) electrons. The maximum absolute atomic E-state index is 14.5. The molecule has 598 valence electrons. The van der Waals surface area contributed by atoms with Crippen LogP contribution in [0.25, 0.3) is 0 Å². The van der Waals surface area contributed by atoms with E-state index in [4.69, 9.17) is 28.7 Å². The van der Waals surface area contributed by atoms with Crippen LogP contribution in [0.2, 0.25) is 0 Å². The molecule has 0 spiro atoms. The summed E-state index contributed by atoms with van der Waals surface area (Å²) in [6.45, 7) is 6.64. The molecule has 14 amide bonds. The largest absolute Gasteiger partial charge is 0.480 e. The summed E-state index contributed by atoms with van der Waals surface area (Å²) in [5, 5.41) is 47.5. The summed E-state index contributed by atoms with van der Waals surface area (Å²) in [6, 6.07) is -7.17. The normalized spacial score (nSPS) is 17.3. The number of aromatic amines is 1. The van der Waals surface area contributed by atoms with Gasteiger partial charge in [-0.3, -0.25) is 72.9 Å². The number of nitrogens with zero attached hydrogens (tertiary/aromatic N) is 6. The van der Waals surface area contributed by atoms with Crippen LogP contribution in [-0.4, -0.2) is 248 Å². The first-order valence-electron chi connectivity index (χ1n) is 36.3. The van der Waals surface area contributed by atoms with Crippen molar-refractivity contribution >= 4 is 111 Å². The number of rotatable bonds is 43. The van der Waals surface area contributed by atoms with Gasteiger partial charge in [0.15, 0.2) is 11.9 Å². The van der Waals surface area contributed by atoms with E-state index in [-0.39, 0.29) is 140 Å². The maximum atomic E-state index is 14.5. The smallest absolute Gasteiger partial charge is 0.336 e. The van der Waals surface area contributed by atoms with Gasteiger partial charge >= 0.3 is 12.0 Å². The zero-order chi connectivity index (χ0) is 79.8. The highest BCUT2D eigenvalue weighted by atomic mass is 79.9. The summed E-state index contributed by atoms with van der Waals surface area (Å²) in [7, 11) is 0. The maximum Gasteiger partial charge on any atom is 0.336 e. The SMILES string of the molecule is CCCC[C@H](NC(=O)[C@@H]1CCCN1C(=O)CNC(=O)[C@H](CCCCN)NC(=O)[C@H](Cc1cnc[nH]1)NC(=O)[C@H](CO)NC(=O)[C@H](CC(C)C)NC(=O)N(CCCN=C(N)N)NC(=O)[C@@H]1CCCN1C(=O)[C@H](CCCN=C(N)N)NC(=O)[C@@H]1CCC(=O)N1)C(=O)NC(C)(C)C(=O)N[C@@H](Cc1ccc(Br)cc1)C(=O)O. The minimum atomic E-state index is -1.79. The standard InChI is InChI=1S/C68H108BrN23O16/c1-6-7-14-43(59(101)88-68(4,5)64(107)86-48(63(105)106)32-39-19-21-40(69)22-20-39)82-60(102)50-17-11-28-90(50)53(95)35-78-54(96)42(15-8-9-25-70)81-57(99)47(33-41-34-75-37-79-41)84-58(100)49(36-93)85-56(98)46(31-38(2)3)87-67(108)92(30-13-27-77-66(73)74)89-61(103)51-18-12-29-91(51)62(104)45(16-10-26-76-65(71)72)83-55(97)44-23-24-52(94)80-44/h19-22,34,37-38,42-51,93H,6-18,23-33,35-36,70H2,1-5H3,(H,75,79)(H,78,96)(H,80,94)(H,81,99)(H,82,102)(H,83,97)(H,84,100)(H,85,98)(H,86,107)(H,87,108)(H,88,101)(H,89,103)(H,105,106)(H4,71,72,76)(H4,73,74,77)/t42-,43-,44-,45-,46-,47-,48-,49-,50-,51-/m0/s1. The topological polar surface area (TPSA) is 605 Å². The second-order valence-corrected chi connectivity index (χ2v) is 28.6. The third-order valence-electron chi connectivity index (χ3n) is 18.1. The van der Waals surface area contributed by atoms with Gasteiger partial charge in [0.2, 0.25) is 65.0 Å². The number of urea groups is 1. The number of benzene rings is 1. The number of carboxylic acid groups (broad SMARTS) is 1. The van der Waals surface area contributed by atoms with E-state index in [9.17, 15) is 77.3 Å². The van der Waals surface area contributed by atoms with Crippen LogP contribution in [0.3, 0.4) is 0 Å². The van der Waals surface area contributed by atoms with Gasteiger partial charge in [-0.1, -0.05) is 61.7 Å². The van der Waals surface area contributed by atoms with E-state index >= 15 is 0 Å². The van der Waals surface area contributed by atoms with Crippen LogP contribution in [0.5, 0.6) is 0 Å². The number of amides is 14. The fourth-order valence-electron chi connectivity index (χ4n) is 12.2. The van der Waals surface area contributed by atoms with Crippen LogP contribution in [0.15, 0.2) is 51.2 Å². The molecule has 24 N–H and O–H groups in total. The fourth-order valence-corrected chi connectivity index (χ4v) is 12.5. The van der Waals surface area contributed by atoms with E-state index in [1.165, 1.54) is 36.2 Å². The number of likely N-dealkylation sites (tertiary alicyclic amines) is 2. The molecule has 39 nitrogen and oxygen atoms in total. The lowest BCUT2D eigenvalue weighted by molar-refractivity contribution is -0.143. The zero-order valence-electron chi connectivity index (χ0n) is 61.8. The Morgan fingerprint density at radius 3 is 1.87 bits per heavy atom. The molecule has 3 aliphatic rings. The van der Waals surface area contributed by atoms with Crippen molar-refractivity contribution in [3.05, 3.63) is 52.5 Å². The number of imidazole rings is 1. The van der Waals surface area contributed by atoms with Crippen molar-refractivity contribution in [1.29, 1.82) is 0 Å². The number of aliphatic hydroxyl groups is 1. The monoisotopic (exact) mass is 1580 g/mol. The van der Waals surface area contributed by atoms with Crippen molar-refractivity contribution in [2.45, 2.75) is 216 Å². The first-order valence-corrected chi connectivity index (χ1v) is 37.1. The fraction of sp³-hybridized carbons (Fsp3) is 0.632. The number of nitrogens with two attached hydrogens (primary N) is 5. The number of hydrazine groups is 1. The number of carboxylic acids is 1. The molecule has 0 bridgehead atoms. The first-order chi connectivity index (χ1) is 51.2. The Bertz CT molecular complexity index is 3480. The molecule has 5 rings (SSSR count). The van der Waals surface area contributed by atoms with Gasteiger partial charge in [-0.15, -0.1) is 0 Å². The molecule has 1 aromatic carbocycles. The predicted octanol–water partition coefficient (Wildman–Crippen LogP) is -4.29. The number of halogens is 1. The number of aliphatic hydroxyl groups excluding tert-OH is 1. The molecule has 3 saturated heterocycles. The minimum absolute atomic E-state index is 0.0162. The van der Waals surface area contributed by atoms with Crippen LogP contribution >= 0.6 is 15.9 Å². The quantitative estimate of drug-likeness (QED) is 0.0129. The van der Waals surface area contributed by atoms with Crippen molar-refractivity contribution in [3.63, 3.8) is 0 Å². The Kier molecular flexibility index (Phi) is 36.1. The first kappa shape index (κ1) is 88.4. The second kappa shape index (κ2) is 44.1. The number of hydrogen-bond donors (Lipinski definition) is 19. The van der Waals surface area contributed by atoms with Crippen molar-refractivity contribution in [2.24, 2.45) is 44.6 Å². The number of nitrogens with one attached hydrogen (secondary N) is 12. The predicted molar refractivity (Wildman–Crippen MR) is 397 cm³/mol. The van der Waals surface area contributed by atoms with Crippen LogP contribution in [0.1, 0.15) is 149 Å². The van der Waals surface area contributed by atoms with Gasteiger partial charge in [-0.05, 0) is 127 Å². The molecule has 40 heteroatoms. The van der Waals surface area contributed by atoms with Crippen molar-refractivity contribution in [1.82, 2.24) is 83.4 Å². The molecule has 0 aliphatic carbocycles. The average Bonchev–Trinajstić information content (AvgIpc) is 1.50. The number of carbonyl (C=O) groups excluding carboxylic acids is 13. The molecule has 108 heavy (non-hydrogen) atoms. The van der Waals surface area contributed by atoms with Crippen molar-refractivity contribution < 1.29 is 77.3 Å². The molecule has 4 heterocycles. The van der Waals surface area contributed by atoms with Crippen molar-refractivity contribution in [2.75, 3.05) is 52.4 Å². The molecular formula is C68H108BrN23O16. The number of aliphatic carboxylic acids is 1. The Morgan fingerprint density at radius 2 is 1.27 bits per heavy atom. The summed E-state index contributed by atoms with van der Waals surface area (Å²) in [4.78, 5) is 211. The van der Waals surface area contributed by atoms with Gasteiger partial charge in [0.05, 0.1) is 19.5 Å². The highest BCUT2D eigenvalue weighted by Crippen LogP contribution is 2.23. The lowest BCUT2D eigenvalue weighted by atomic mass is 10.00. The van der Waals surface area contributed by atoms with Gasteiger partial charge in [0, 0.05) is 68.3 Å². The molecule has 1 aromatic heterocycles. The van der Waals surface area contributed by atoms with Crippen LogP contribution in [-0.2, 0) is 75.2 Å². The summed E-state index contributed by atoms with van der Waals surface area (Å²) < 4.78 is 0.775. The van der Waals surface area contributed by atoms with Crippen LogP contribution < -0.4 is 87.3 Å². The molecule has 0 unspecified atom stereocenters. The van der Waals surface area contributed by atoms with Gasteiger partial charge < -0.3 is 107 Å². The lowest BCUT2D eigenvalue weighted by Gasteiger charge is -2.32. The number of carbonyl (C=O) groups is 14. The van der Waals surface area contributed by atoms with E-state index in [1.807, 2.05) is 6.92 Å². The summed E-state index contributed by atoms with van der Waals surface area (Å²) in [5.41, 5.74) is 29.8. The van der Waals surface area contributed by atoms with Crippen LogP contribution in [0, 0.1) is 5.92 Å². The highest BCUT2D eigenvalue weighted by molar-refractivity contribution is 9.10. The van der Waals surface area contributed by atoms with Gasteiger partial charge in [0.1, 0.15) is 66.0 Å². The number of guanidine groups is 2. The average molecular weight is 1580 g/mol. The van der Waals surface area contributed by atoms with E-state index in [0.717, 1.165) is 9.48 Å². The zero-order valence-corrected chi connectivity index (χ0v) is 63.3. The Labute approximate surface area is 634 Å². The molecule has 3 aliphatic heterocycles. The minimum Gasteiger partial charge on any atom is -0.480 e. The van der Waals surface area contributed by atoms with Gasteiger partial charge in [-0.2, -0.15) is 0 Å². The lowest BCUT2D eigenvalue weighted by Crippen LogP contribution is -2.62. The van der Waals surface area contributed by atoms with Crippen LogP contribution in [0.4, 0.5) is 4.79 Å². The molecule has 3 fully saturated rings. The third-order valence-corrected chi connectivity index (χ3v) is 18.6. The summed E-state index contributed by atoms with van der Waals surface area (Å²) in [5.74, 6) is -11.2. The van der Waals surface area contributed by atoms with E-state index in [2.05, 4.69) is 94.5 Å². The number of hydrogen-bond acceptors (Lipinski definition) is 19. The Morgan fingerprint density at radius 1 is 0.676 bits per heavy atom. The summed E-state index contributed by atoms with van der Waals surface area (Å²) >= 11 is 3.34. The molecule has 0 saturated carbocycles. The van der Waals surface area contributed by atoms with Gasteiger partial charge in [0.25, 0.3) is 5.91 Å². The molecule has 10 atom stereocenters. The summed E-state index contributed by atoms with van der Waals surface area (Å²) in [6.07, 6.45) is 5.89. The van der Waals surface area contributed by atoms with E-state index < -0.39 is 156 Å². The van der Waals surface area contributed by atoms with Crippen molar-refractivity contribution in [3.8, 4) is 0 Å². The number of aliphatic imine (C=N–C) groups is 2. The number of aromatic nitrogens is 2. The molecular weight excluding hydrogens is 1470 g/mol. The Hall–Kier alpha value is -10.3. The second-order valence-electron chi connectivity index (χ2n) is 27.7.